The monoisotopic (exact) mass is 490 g/mol. The molecule has 1 aromatic carbocycles. The lowest BCUT2D eigenvalue weighted by Gasteiger charge is -2.35. The number of β-amino-alcohol motifs (C(OH)–C–C–N with tert-alkyl or cyclic N) is 1. The number of rotatable bonds is 7. The van der Waals surface area contributed by atoms with Gasteiger partial charge in [-0.2, -0.15) is 0 Å². The highest BCUT2D eigenvalue weighted by Crippen LogP contribution is 2.23. The van der Waals surface area contributed by atoms with Crippen LogP contribution in [0.15, 0.2) is 30.5 Å². The van der Waals surface area contributed by atoms with Gasteiger partial charge in [0, 0.05) is 50.9 Å². The number of aromatic nitrogens is 3. The standard InChI is InChI=1S/C22H24ClFN6O2S/c1-14-26-16(11-20(27-14)30-6-4-29(5-7-30)8-9-31)12-21-25-13-19(33-21)22(32)28-15-2-3-18(24)17(23)10-15/h2-3,10-11,13,31H,4-9,12H2,1H3,(H,28,32). The highest BCUT2D eigenvalue weighted by Gasteiger charge is 2.19. The van der Waals surface area contributed by atoms with Crippen molar-refractivity contribution in [3.63, 3.8) is 0 Å². The normalized spacial score (nSPS) is 14.5. The maximum atomic E-state index is 13.3. The van der Waals surface area contributed by atoms with Crippen molar-refractivity contribution in [2.24, 2.45) is 0 Å². The number of carbonyl (C=O) groups is 1. The van der Waals surface area contributed by atoms with E-state index in [1.807, 2.05) is 13.0 Å². The Morgan fingerprint density at radius 3 is 2.76 bits per heavy atom. The lowest BCUT2D eigenvalue weighted by molar-refractivity contribution is 0.103. The number of hydrogen-bond donors (Lipinski definition) is 2. The van der Waals surface area contributed by atoms with E-state index in [4.69, 9.17) is 16.7 Å². The molecule has 3 heterocycles. The van der Waals surface area contributed by atoms with Gasteiger partial charge < -0.3 is 15.3 Å². The van der Waals surface area contributed by atoms with Crippen molar-refractivity contribution in [2.75, 3.05) is 49.5 Å². The third kappa shape index (κ3) is 6.02. The first-order valence-electron chi connectivity index (χ1n) is 10.5. The lowest BCUT2D eigenvalue weighted by Crippen LogP contribution is -2.47. The molecule has 11 heteroatoms. The minimum absolute atomic E-state index is 0.0532. The second-order valence-corrected chi connectivity index (χ2v) is 9.22. The summed E-state index contributed by atoms with van der Waals surface area (Å²) in [5.74, 6) is 0.690. The highest BCUT2D eigenvalue weighted by molar-refractivity contribution is 7.13. The Hall–Kier alpha value is -2.66. The topological polar surface area (TPSA) is 94.5 Å². The molecule has 174 valence electrons. The number of aliphatic hydroxyl groups excluding tert-OH is 1. The van der Waals surface area contributed by atoms with Crippen LogP contribution in [0.5, 0.6) is 0 Å². The summed E-state index contributed by atoms with van der Waals surface area (Å²) in [7, 11) is 0. The van der Waals surface area contributed by atoms with Crippen LogP contribution in [-0.2, 0) is 6.42 Å². The van der Waals surface area contributed by atoms with Crippen LogP contribution in [0, 0.1) is 12.7 Å². The van der Waals surface area contributed by atoms with Gasteiger partial charge in [-0.3, -0.25) is 9.69 Å². The Morgan fingerprint density at radius 2 is 2.03 bits per heavy atom. The van der Waals surface area contributed by atoms with Gasteiger partial charge in [0.05, 0.1) is 28.5 Å². The summed E-state index contributed by atoms with van der Waals surface area (Å²) < 4.78 is 13.3. The van der Waals surface area contributed by atoms with Crippen molar-refractivity contribution in [3.8, 4) is 0 Å². The molecule has 0 radical (unpaired) electrons. The highest BCUT2D eigenvalue weighted by atomic mass is 35.5. The maximum absolute atomic E-state index is 13.3. The third-order valence-corrected chi connectivity index (χ3v) is 6.56. The smallest absolute Gasteiger partial charge is 0.267 e. The lowest BCUT2D eigenvalue weighted by atomic mass is 10.2. The number of benzene rings is 1. The number of carbonyl (C=O) groups excluding carboxylic acids is 1. The van der Waals surface area contributed by atoms with E-state index in [0.29, 0.717) is 29.4 Å². The number of nitrogens with zero attached hydrogens (tertiary/aromatic N) is 5. The molecule has 33 heavy (non-hydrogen) atoms. The molecule has 4 rings (SSSR count). The fourth-order valence-corrected chi connectivity index (χ4v) is 4.63. The van der Waals surface area contributed by atoms with Crippen molar-refractivity contribution < 1.29 is 14.3 Å². The predicted molar refractivity (Wildman–Crippen MR) is 127 cm³/mol. The molecule has 1 saturated heterocycles. The molecule has 0 aliphatic carbocycles. The molecule has 8 nitrogen and oxygen atoms in total. The SMILES string of the molecule is Cc1nc(Cc2ncc(C(=O)Nc3ccc(F)c(Cl)c3)s2)cc(N2CCN(CCO)CC2)n1. The number of piperazine rings is 1. The quantitative estimate of drug-likeness (QED) is 0.525. The van der Waals surface area contributed by atoms with E-state index in [2.05, 4.69) is 30.1 Å². The van der Waals surface area contributed by atoms with Crippen LogP contribution < -0.4 is 10.2 Å². The Kier molecular flexibility index (Phi) is 7.49. The average molecular weight is 491 g/mol. The van der Waals surface area contributed by atoms with Gasteiger partial charge in [0.2, 0.25) is 0 Å². The molecule has 1 aliphatic heterocycles. The summed E-state index contributed by atoms with van der Waals surface area (Å²) in [6, 6.07) is 6.00. The molecular formula is C22H24ClFN6O2S. The summed E-state index contributed by atoms with van der Waals surface area (Å²) in [6.07, 6.45) is 2.01. The van der Waals surface area contributed by atoms with Crippen molar-refractivity contribution >= 4 is 40.4 Å². The second kappa shape index (κ2) is 10.5. The van der Waals surface area contributed by atoms with Gasteiger partial charge in [-0.25, -0.2) is 19.3 Å². The fraction of sp³-hybridized carbons (Fsp3) is 0.364. The van der Waals surface area contributed by atoms with Crippen LogP contribution >= 0.6 is 22.9 Å². The molecule has 0 unspecified atom stereocenters. The number of aryl methyl sites for hydroxylation is 1. The predicted octanol–water partition coefficient (Wildman–Crippen LogP) is 2.99. The Labute approximate surface area is 200 Å². The molecule has 3 aromatic rings. The number of thiazole rings is 1. The van der Waals surface area contributed by atoms with Gasteiger partial charge in [-0.05, 0) is 25.1 Å². The van der Waals surface area contributed by atoms with Crippen LogP contribution in [0.1, 0.15) is 26.2 Å². The van der Waals surface area contributed by atoms with E-state index >= 15 is 0 Å². The van der Waals surface area contributed by atoms with E-state index in [1.165, 1.54) is 35.7 Å². The molecule has 0 bridgehead atoms. The number of hydrogen-bond acceptors (Lipinski definition) is 8. The number of amides is 1. The summed E-state index contributed by atoms with van der Waals surface area (Å²) >= 11 is 7.06. The van der Waals surface area contributed by atoms with E-state index in [0.717, 1.165) is 42.7 Å². The van der Waals surface area contributed by atoms with Gasteiger partial charge in [-0.1, -0.05) is 11.6 Å². The maximum Gasteiger partial charge on any atom is 0.267 e. The summed E-state index contributed by atoms with van der Waals surface area (Å²) in [5.41, 5.74) is 1.25. The molecule has 1 fully saturated rings. The minimum atomic E-state index is -0.540. The molecule has 0 spiro atoms. The molecule has 1 aliphatic rings. The van der Waals surface area contributed by atoms with Gasteiger partial charge in [0.15, 0.2) is 0 Å². The third-order valence-electron chi connectivity index (χ3n) is 5.28. The summed E-state index contributed by atoms with van der Waals surface area (Å²) in [4.78, 5) is 30.9. The molecular weight excluding hydrogens is 467 g/mol. The van der Waals surface area contributed by atoms with Gasteiger partial charge >= 0.3 is 0 Å². The van der Waals surface area contributed by atoms with Crippen LogP contribution in [-0.4, -0.2) is 70.2 Å². The molecule has 2 N–H and O–H groups in total. The van der Waals surface area contributed by atoms with Crippen LogP contribution in [0.3, 0.4) is 0 Å². The van der Waals surface area contributed by atoms with Crippen LogP contribution in [0.25, 0.3) is 0 Å². The first kappa shape index (κ1) is 23.5. The molecule has 0 atom stereocenters. The first-order chi connectivity index (χ1) is 15.9. The van der Waals surface area contributed by atoms with E-state index in [1.54, 1.807) is 0 Å². The largest absolute Gasteiger partial charge is 0.395 e. The van der Waals surface area contributed by atoms with Crippen LogP contribution in [0.4, 0.5) is 15.9 Å². The van der Waals surface area contributed by atoms with Crippen LogP contribution in [0.2, 0.25) is 5.02 Å². The summed E-state index contributed by atoms with van der Waals surface area (Å²) in [5, 5.41) is 12.5. The van der Waals surface area contributed by atoms with Gasteiger partial charge in [-0.15, -0.1) is 11.3 Å². The van der Waals surface area contributed by atoms with Crippen molar-refractivity contribution in [1.29, 1.82) is 0 Å². The number of nitrogens with one attached hydrogen (secondary N) is 1. The fourth-order valence-electron chi connectivity index (χ4n) is 3.63. The van der Waals surface area contributed by atoms with Crippen molar-refractivity contribution in [1.82, 2.24) is 19.9 Å². The second-order valence-electron chi connectivity index (χ2n) is 7.70. The first-order valence-corrected chi connectivity index (χ1v) is 11.7. The number of halogens is 2. The Bertz CT molecular complexity index is 1140. The van der Waals surface area contributed by atoms with Crippen molar-refractivity contribution in [3.05, 3.63) is 62.7 Å². The minimum Gasteiger partial charge on any atom is -0.395 e. The zero-order valence-corrected chi connectivity index (χ0v) is 19.7. The summed E-state index contributed by atoms with van der Waals surface area (Å²) in [6.45, 7) is 6.16. The molecule has 2 aromatic heterocycles. The molecule has 0 saturated carbocycles. The van der Waals surface area contributed by atoms with Gasteiger partial charge in [0.25, 0.3) is 5.91 Å². The van der Waals surface area contributed by atoms with E-state index in [9.17, 15) is 9.18 Å². The van der Waals surface area contributed by atoms with E-state index in [-0.39, 0.29) is 17.5 Å². The average Bonchev–Trinajstić information content (AvgIpc) is 3.25. The Morgan fingerprint density at radius 1 is 1.24 bits per heavy atom. The van der Waals surface area contributed by atoms with E-state index < -0.39 is 5.82 Å². The number of anilines is 2. The molecule has 1 amide bonds. The zero-order valence-electron chi connectivity index (χ0n) is 18.1. The van der Waals surface area contributed by atoms with Crippen molar-refractivity contribution in [2.45, 2.75) is 13.3 Å². The zero-order chi connectivity index (χ0) is 23.4. The van der Waals surface area contributed by atoms with Gasteiger partial charge in [0.1, 0.15) is 22.3 Å². The number of aliphatic hydroxyl groups is 1. The Balaban J connectivity index is 1.41.